The predicted octanol–water partition coefficient (Wildman–Crippen LogP) is 4.33. The number of fused-ring (bicyclic) bond motifs is 6. The zero-order valence-corrected chi connectivity index (χ0v) is 24.9. The van der Waals surface area contributed by atoms with Crippen molar-refractivity contribution in [1.82, 2.24) is 29.3 Å². The van der Waals surface area contributed by atoms with Gasteiger partial charge in [0.1, 0.15) is 5.82 Å². The second-order valence-electron chi connectivity index (χ2n) is 12.7. The summed E-state index contributed by atoms with van der Waals surface area (Å²) in [5.74, 6) is 1.18. The van der Waals surface area contributed by atoms with E-state index in [9.17, 15) is 13.2 Å². The van der Waals surface area contributed by atoms with Gasteiger partial charge in [-0.1, -0.05) is 13.3 Å². The monoisotopic (exact) mass is 581 g/mol. The van der Waals surface area contributed by atoms with Crippen molar-refractivity contribution in [3.8, 4) is 11.7 Å². The van der Waals surface area contributed by atoms with Gasteiger partial charge in [0.15, 0.2) is 10.8 Å². The van der Waals surface area contributed by atoms with Crippen molar-refractivity contribution in [2.24, 2.45) is 11.3 Å². The van der Waals surface area contributed by atoms with Crippen LogP contribution in [0, 0.1) is 11.3 Å². The molecule has 1 unspecified atom stereocenters. The number of carbonyl (C=O) groups excluding carboxylic acids is 1. The molecule has 3 aromatic heterocycles. The number of aryl methyl sites for hydroxylation is 1. The summed E-state index contributed by atoms with van der Waals surface area (Å²) in [6.45, 7) is 8.58. The number of aromatic nitrogens is 5. The lowest BCUT2D eigenvalue weighted by Gasteiger charge is -2.34. The number of hydrogen-bond acceptors (Lipinski definition) is 8. The number of pyridine rings is 1. The first-order valence-corrected chi connectivity index (χ1v) is 16.1. The van der Waals surface area contributed by atoms with E-state index in [2.05, 4.69) is 40.6 Å². The molecule has 1 aliphatic carbocycles. The summed E-state index contributed by atoms with van der Waals surface area (Å²) in [5, 5.41) is 8.59. The van der Waals surface area contributed by atoms with Gasteiger partial charge in [0.2, 0.25) is 5.88 Å². The number of ether oxygens (including phenoxy) is 1. The number of carbonyl (C=O) groups is 1. The number of rotatable bonds is 6. The van der Waals surface area contributed by atoms with Gasteiger partial charge in [-0.2, -0.15) is 13.5 Å². The first kappa shape index (κ1) is 27.7. The van der Waals surface area contributed by atoms with Crippen molar-refractivity contribution < 1.29 is 17.9 Å². The van der Waals surface area contributed by atoms with Gasteiger partial charge in [0, 0.05) is 37.1 Å². The van der Waals surface area contributed by atoms with Crippen molar-refractivity contribution in [2.45, 2.75) is 89.2 Å². The van der Waals surface area contributed by atoms with Gasteiger partial charge in [-0.15, -0.1) is 5.10 Å². The van der Waals surface area contributed by atoms with Crippen LogP contribution < -0.4 is 14.4 Å². The normalized spacial score (nSPS) is 22.8. The number of hydrogen-bond donors (Lipinski definition) is 1. The number of nitrogens with zero attached hydrogens (tertiary/aromatic N) is 6. The van der Waals surface area contributed by atoms with Crippen molar-refractivity contribution in [3.63, 3.8) is 0 Å². The van der Waals surface area contributed by atoms with E-state index in [1.54, 1.807) is 33.9 Å². The zero-order chi connectivity index (χ0) is 28.8. The molecule has 1 amide bonds. The van der Waals surface area contributed by atoms with Gasteiger partial charge in [-0.05, 0) is 88.3 Å². The van der Waals surface area contributed by atoms with Crippen LogP contribution in [0.25, 0.3) is 5.82 Å². The van der Waals surface area contributed by atoms with E-state index >= 15 is 0 Å². The third-order valence-electron chi connectivity index (χ3n) is 8.77. The van der Waals surface area contributed by atoms with Crippen LogP contribution in [0.15, 0.2) is 41.7 Å². The van der Waals surface area contributed by atoms with Crippen LogP contribution >= 0.6 is 0 Å². The van der Waals surface area contributed by atoms with Crippen LogP contribution in [0.3, 0.4) is 0 Å². The van der Waals surface area contributed by atoms with Crippen LogP contribution in [-0.2, 0) is 16.6 Å². The molecule has 1 atom stereocenters. The van der Waals surface area contributed by atoms with Crippen LogP contribution in [0.1, 0.15) is 82.5 Å². The molecular formula is C29H39N7O4S. The Morgan fingerprint density at radius 2 is 1.90 bits per heavy atom. The largest absolute Gasteiger partial charge is 0.477 e. The van der Waals surface area contributed by atoms with Gasteiger partial charge < -0.3 is 9.64 Å². The SMILES string of the molecule is CC1(CCCOc2ccn(-c3ccc4c(n3)N3CC(CCCCn5ccc(n5)S(=O)(=O)NC4=O)CC3(C)C)n2)CC1. The average molecular weight is 582 g/mol. The van der Waals surface area contributed by atoms with Crippen molar-refractivity contribution in [2.75, 3.05) is 18.1 Å². The lowest BCUT2D eigenvalue weighted by Crippen LogP contribution is -2.41. The molecule has 12 heteroatoms. The molecule has 1 saturated heterocycles. The molecule has 4 bridgehead atoms. The number of anilines is 1. The number of sulfonamides is 1. The highest BCUT2D eigenvalue weighted by Gasteiger charge is 2.41. The summed E-state index contributed by atoms with van der Waals surface area (Å²) < 4.78 is 37.5. The Balaban J connectivity index is 1.30. The Morgan fingerprint density at radius 1 is 1.07 bits per heavy atom. The van der Waals surface area contributed by atoms with Gasteiger partial charge in [-0.3, -0.25) is 9.48 Å². The fourth-order valence-electron chi connectivity index (χ4n) is 6.10. The molecule has 5 heterocycles. The van der Waals surface area contributed by atoms with Gasteiger partial charge >= 0.3 is 0 Å². The fraction of sp³-hybridized carbons (Fsp3) is 0.586. The van der Waals surface area contributed by atoms with E-state index in [4.69, 9.17) is 9.72 Å². The molecular weight excluding hydrogens is 542 g/mol. The van der Waals surface area contributed by atoms with Crippen LogP contribution in [0.5, 0.6) is 5.88 Å². The Labute approximate surface area is 241 Å². The number of amides is 1. The second kappa shape index (κ2) is 10.5. The summed E-state index contributed by atoms with van der Waals surface area (Å²) in [6.07, 6.45) is 12.1. The van der Waals surface area contributed by atoms with E-state index in [0.29, 0.717) is 42.0 Å². The highest BCUT2D eigenvalue weighted by Crippen LogP contribution is 2.48. The van der Waals surface area contributed by atoms with Gasteiger partial charge in [-0.25, -0.2) is 14.4 Å². The standard InChI is InChI=1S/C29H39N7O4S/c1-28(2)19-21-7-4-5-15-34-16-11-25(32-34)41(38,39)33-27(37)22-8-9-23(30-26(22)35(28)20-21)36-17-10-24(31-36)40-18-6-12-29(3)13-14-29/h8-11,16-17,21H,4-7,12-15,18-20H2,1-3H3,(H,33,37). The average Bonchev–Trinajstić information content (AvgIpc) is 3.29. The summed E-state index contributed by atoms with van der Waals surface area (Å²) in [6, 6.07) is 6.54. The molecule has 2 aliphatic heterocycles. The third kappa shape index (κ3) is 5.98. The molecule has 0 radical (unpaired) electrons. The van der Waals surface area contributed by atoms with Crippen molar-refractivity contribution >= 4 is 21.7 Å². The molecule has 1 N–H and O–H groups in total. The lowest BCUT2D eigenvalue weighted by atomic mass is 9.93. The summed E-state index contributed by atoms with van der Waals surface area (Å²) in [5.41, 5.74) is 0.417. The molecule has 0 aromatic carbocycles. The second-order valence-corrected chi connectivity index (χ2v) is 14.4. The maximum absolute atomic E-state index is 13.5. The minimum absolute atomic E-state index is 0.177. The Bertz CT molecular complexity index is 1540. The summed E-state index contributed by atoms with van der Waals surface area (Å²) >= 11 is 0. The van der Waals surface area contributed by atoms with E-state index in [1.807, 2.05) is 6.07 Å². The van der Waals surface area contributed by atoms with E-state index < -0.39 is 15.9 Å². The maximum atomic E-state index is 13.5. The molecule has 220 valence electrons. The zero-order valence-electron chi connectivity index (χ0n) is 24.0. The Hall–Kier alpha value is -3.41. The molecule has 3 aliphatic rings. The summed E-state index contributed by atoms with van der Waals surface area (Å²) in [4.78, 5) is 20.6. The first-order chi connectivity index (χ1) is 19.5. The predicted molar refractivity (Wildman–Crippen MR) is 154 cm³/mol. The third-order valence-corrected chi connectivity index (χ3v) is 9.99. The van der Waals surface area contributed by atoms with E-state index in [-0.39, 0.29) is 16.1 Å². The van der Waals surface area contributed by atoms with Crippen molar-refractivity contribution in [1.29, 1.82) is 0 Å². The van der Waals surface area contributed by atoms with Crippen LogP contribution in [-0.4, -0.2) is 57.6 Å². The Morgan fingerprint density at radius 3 is 2.71 bits per heavy atom. The first-order valence-electron chi connectivity index (χ1n) is 14.6. The van der Waals surface area contributed by atoms with E-state index in [0.717, 1.165) is 45.1 Å². The van der Waals surface area contributed by atoms with Crippen LogP contribution in [0.2, 0.25) is 0 Å². The fourth-order valence-corrected chi connectivity index (χ4v) is 7.01. The molecule has 3 aromatic rings. The number of nitrogens with one attached hydrogen (secondary N) is 1. The smallest absolute Gasteiger partial charge is 0.283 e. The minimum Gasteiger partial charge on any atom is -0.477 e. The lowest BCUT2D eigenvalue weighted by molar-refractivity contribution is 0.0981. The summed E-state index contributed by atoms with van der Waals surface area (Å²) in [7, 11) is -4.16. The molecule has 0 spiro atoms. The van der Waals surface area contributed by atoms with Gasteiger partial charge in [0.05, 0.1) is 12.2 Å². The Kier molecular flexibility index (Phi) is 7.07. The van der Waals surface area contributed by atoms with Crippen LogP contribution in [0.4, 0.5) is 5.82 Å². The molecule has 6 rings (SSSR count). The molecule has 11 nitrogen and oxygen atoms in total. The molecule has 2 fully saturated rings. The van der Waals surface area contributed by atoms with E-state index in [1.165, 1.54) is 18.9 Å². The van der Waals surface area contributed by atoms with Crippen molar-refractivity contribution in [3.05, 3.63) is 42.2 Å². The minimum atomic E-state index is -4.16. The topological polar surface area (TPSA) is 124 Å². The van der Waals surface area contributed by atoms with Gasteiger partial charge in [0.25, 0.3) is 15.9 Å². The maximum Gasteiger partial charge on any atom is 0.283 e. The highest BCUT2D eigenvalue weighted by molar-refractivity contribution is 7.90. The highest BCUT2D eigenvalue weighted by atomic mass is 32.2. The molecule has 41 heavy (non-hydrogen) atoms. The molecule has 1 saturated carbocycles. The quantitative estimate of drug-likeness (QED) is 0.427.